The van der Waals surface area contributed by atoms with Gasteiger partial charge < -0.3 is 14.8 Å². The molecule has 0 bridgehead atoms. The molecule has 0 aromatic heterocycles. The average molecular weight is 303 g/mol. The Morgan fingerprint density at radius 3 is 3.05 bits per heavy atom. The number of rotatable bonds is 5. The number of nitrogens with one attached hydrogen (secondary N) is 1. The van der Waals surface area contributed by atoms with Gasteiger partial charge in [0.25, 0.3) is 5.91 Å². The predicted octanol–water partition coefficient (Wildman–Crippen LogP) is 2.63. The zero-order chi connectivity index (χ0) is 15.4. The van der Waals surface area contributed by atoms with Crippen LogP contribution in [-0.4, -0.2) is 31.3 Å². The summed E-state index contributed by atoms with van der Waals surface area (Å²) in [5, 5.41) is 2.94. The molecule has 1 aromatic carbocycles. The van der Waals surface area contributed by atoms with E-state index in [9.17, 15) is 4.79 Å². The van der Waals surface area contributed by atoms with Crippen molar-refractivity contribution in [2.45, 2.75) is 57.7 Å². The van der Waals surface area contributed by atoms with E-state index in [0.29, 0.717) is 6.54 Å². The van der Waals surface area contributed by atoms with Crippen LogP contribution >= 0.6 is 0 Å². The highest BCUT2D eigenvalue weighted by Gasteiger charge is 2.21. The Balaban J connectivity index is 1.56. The molecule has 1 amide bonds. The van der Waals surface area contributed by atoms with Crippen LogP contribution in [0, 0.1) is 0 Å². The quantitative estimate of drug-likeness (QED) is 0.909. The number of amides is 1. The highest BCUT2D eigenvalue weighted by atomic mass is 16.5. The van der Waals surface area contributed by atoms with E-state index in [1.807, 2.05) is 19.1 Å². The Morgan fingerprint density at radius 2 is 2.23 bits per heavy atom. The van der Waals surface area contributed by atoms with Crippen molar-refractivity contribution in [3.8, 4) is 5.75 Å². The summed E-state index contributed by atoms with van der Waals surface area (Å²) in [6, 6.07) is 6.17. The van der Waals surface area contributed by atoms with E-state index in [1.54, 1.807) is 0 Å². The van der Waals surface area contributed by atoms with Crippen LogP contribution in [0.4, 0.5) is 0 Å². The Kier molecular flexibility index (Phi) is 4.98. The van der Waals surface area contributed by atoms with Gasteiger partial charge >= 0.3 is 0 Å². The lowest BCUT2D eigenvalue weighted by molar-refractivity contribution is -0.127. The molecule has 1 aliphatic carbocycles. The van der Waals surface area contributed by atoms with E-state index < -0.39 is 6.10 Å². The van der Waals surface area contributed by atoms with Gasteiger partial charge in [-0.2, -0.15) is 0 Å². The number of carbonyl (C=O) groups is 1. The van der Waals surface area contributed by atoms with Gasteiger partial charge in [0.15, 0.2) is 6.10 Å². The normalized spacial score (nSPS) is 22.0. The summed E-state index contributed by atoms with van der Waals surface area (Å²) < 4.78 is 11.5. The lowest BCUT2D eigenvalue weighted by atomic mass is 9.91. The average Bonchev–Trinajstić information content (AvgIpc) is 3.06. The topological polar surface area (TPSA) is 47.6 Å². The van der Waals surface area contributed by atoms with Crippen LogP contribution in [-0.2, 0) is 22.4 Å². The number of aryl methyl sites for hydroxylation is 1. The molecule has 1 aliphatic heterocycles. The molecule has 3 rings (SSSR count). The second kappa shape index (κ2) is 7.14. The fourth-order valence-electron chi connectivity index (χ4n) is 3.26. The maximum Gasteiger partial charge on any atom is 0.260 e. The molecule has 1 heterocycles. The molecule has 1 saturated heterocycles. The third-order valence-electron chi connectivity index (χ3n) is 4.55. The maximum atomic E-state index is 12.2. The molecule has 0 saturated carbocycles. The van der Waals surface area contributed by atoms with Gasteiger partial charge in [-0.3, -0.25) is 4.79 Å². The molecule has 0 unspecified atom stereocenters. The van der Waals surface area contributed by atoms with Gasteiger partial charge in [0.1, 0.15) is 5.75 Å². The summed E-state index contributed by atoms with van der Waals surface area (Å²) in [6.07, 6.45) is 6.42. The van der Waals surface area contributed by atoms with Crippen molar-refractivity contribution in [3.63, 3.8) is 0 Å². The lowest BCUT2D eigenvalue weighted by Crippen LogP contribution is -2.40. The van der Waals surface area contributed by atoms with Crippen LogP contribution in [0.25, 0.3) is 0 Å². The first-order valence-electron chi connectivity index (χ1n) is 8.41. The first kappa shape index (κ1) is 15.3. The van der Waals surface area contributed by atoms with E-state index in [2.05, 4.69) is 11.4 Å². The highest BCUT2D eigenvalue weighted by Crippen LogP contribution is 2.30. The van der Waals surface area contributed by atoms with Crippen molar-refractivity contribution in [1.29, 1.82) is 0 Å². The fourth-order valence-corrected chi connectivity index (χ4v) is 3.26. The lowest BCUT2D eigenvalue weighted by Gasteiger charge is -2.22. The van der Waals surface area contributed by atoms with Gasteiger partial charge in [-0.25, -0.2) is 0 Å². The number of hydrogen-bond donors (Lipinski definition) is 1. The van der Waals surface area contributed by atoms with E-state index in [1.165, 1.54) is 24.0 Å². The van der Waals surface area contributed by atoms with Gasteiger partial charge in [0, 0.05) is 13.2 Å². The molecule has 2 atom stereocenters. The van der Waals surface area contributed by atoms with Crippen LogP contribution < -0.4 is 10.1 Å². The molecule has 4 heteroatoms. The number of fused-ring (bicyclic) bond motifs is 1. The zero-order valence-corrected chi connectivity index (χ0v) is 13.3. The smallest absolute Gasteiger partial charge is 0.260 e. The molecule has 120 valence electrons. The molecule has 4 nitrogen and oxygen atoms in total. The van der Waals surface area contributed by atoms with Crippen LogP contribution in [0.5, 0.6) is 5.75 Å². The van der Waals surface area contributed by atoms with Crippen molar-refractivity contribution < 1.29 is 14.3 Å². The van der Waals surface area contributed by atoms with E-state index in [4.69, 9.17) is 9.47 Å². The maximum absolute atomic E-state index is 12.2. The standard InChI is InChI=1S/C18H25NO3/c1-13(18(20)19-12-15-8-5-11-21-15)22-17-10-4-7-14-6-2-3-9-16(14)17/h4,7,10,13,15H,2-3,5-6,8-9,11-12H2,1H3,(H,19,20)/t13-,15-/m0/s1. The van der Waals surface area contributed by atoms with Crippen molar-refractivity contribution in [1.82, 2.24) is 5.32 Å². The molecule has 0 radical (unpaired) electrons. The Bertz CT molecular complexity index is 523. The highest BCUT2D eigenvalue weighted by molar-refractivity contribution is 5.80. The van der Waals surface area contributed by atoms with Gasteiger partial charge in [-0.15, -0.1) is 0 Å². The third-order valence-corrected chi connectivity index (χ3v) is 4.55. The zero-order valence-electron chi connectivity index (χ0n) is 13.3. The van der Waals surface area contributed by atoms with Crippen molar-refractivity contribution in [2.75, 3.05) is 13.2 Å². The molecular formula is C18H25NO3. The molecule has 2 aliphatic rings. The minimum absolute atomic E-state index is 0.0658. The van der Waals surface area contributed by atoms with Crippen LogP contribution in [0.15, 0.2) is 18.2 Å². The number of carbonyl (C=O) groups excluding carboxylic acids is 1. The number of ether oxygens (including phenoxy) is 2. The van der Waals surface area contributed by atoms with Gasteiger partial charge in [-0.05, 0) is 62.6 Å². The van der Waals surface area contributed by atoms with Gasteiger partial charge in [0.05, 0.1) is 6.10 Å². The van der Waals surface area contributed by atoms with Crippen LogP contribution in [0.1, 0.15) is 43.7 Å². The third kappa shape index (κ3) is 3.61. The Morgan fingerprint density at radius 1 is 1.36 bits per heavy atom. The summed E-state index contributed by atoms with van der Waals surface area (Å²) in [7, 11) is 0. The van der Waals surface area contributed by atoms with Crippen LogP contribution in [0.2, 0.25) is 0 Å². The summed E-state index contributed by atoms with van der Waals surface area (Å²) in [5.74, 6) is 0.806. The molecule has 0 spiro atoms. The number of benzene rings is 1. The fraction of sp³-hybridized carbons (Fsp3) is 0.611. The van der Waals surface area contributed by atoms with E-state index in [-0.39, 0.29) is 12.0 Å². The summed E-state index contributed by atoms with van der Waals surface area (Å²) in [6.45, 7) is 3.20. The predicted molar refractivity (Wildman–Crippen MR) is 85.2 cm³/mol. The van der Waals surface area contributed by atoms with Crippen molar-refractivity contribution in [3.05, 3.63) is 29.3 Å². The molecule has 1 fully saturated rings. The van der Waals surface area contributed by atoms with Crippen LogP contribution in [0.3, 0.4) is 0 Å². The largest absolute Gasteiger partial charge is 0.481 e. The Labute approximate surface area is 132 Å². The van der Waals surface area contributed by atoms with E-state index in [0.717, 1.165) is 38.0 Å². The van der Waals surface area contributed by atoms with Gasteiger partial charge in [-0.1, -0.05) is 12.1 Å². The minimum atomic E-state index is -0.477. The summed E-state index contributed by atoms with van der Waals surface area (Å²) in [5.41, 5.74) is 2.66. The Hall–Kier alpha value is -1.55. The summed E-state index contributed by atoms with van der Waals surface area (Å²) in [4.78, 5) is 12.2. The van der Waals surface area contributed by atoms with E-state index >= 15 is 0 Å². The molecular weight excluding hydrogens is 278 g/mol. The monoisotopic (exact) mass is 303 g/mol. The second-order valence-corrected chi connectivity index (χ2v) is 6.24. The summed E-state index contributed by atoms with van der Waals surface area (Å²) >= 11 is 0. The first-order chi connectivity index (χ1) is 10.7. The molecule has 22 heavy (non-hydrogen) atoms. The molecule has 1 N–H and O–H groups in total. The minimum Gasteiger partial charge on any atom is -0.481 e. The SMILES string of the molecule is C[C@H](Oc1cccc2c1CCCC2)C(=O)NC[C@@H]1CCCO1. The molecule has 1 aromatic rings. The number of hydrogen-bond acceptors (Lipinski definition) is 3. The van der Waals surface area contributed by atoms with Crippen molar-refractivity contribution in [2.24, 2.45) is 0 Å². The second-order valence-electron chi connectivity index (χ2n) is 6.24. The van der Waals surface area contributed by atoms with Gasteiger partial charge in [0.2, 0.25) is 0 Å². The first-order valence-corrected chi connectivity index (χ1v) is 8.41. The van der Waals surface area contributed by atoms with Crippen molar-refractivity contribution >= 4 is 5.91 Å².